The number of rotatable bonds is 4. The first-order chi connectivity index (χ1) is 9.66. The quantitative estimate of drug-likeness (QED) is 0.388. The van der Waals surface area contributed by atoms with Gasteiger partial charge in [0.05, 0.1) is 12.1 Å². The molecule has 0 aromatic heterocycles. The van der Waals surface area contributed by atoms with Crippen molar-refractivity contribution in [3.8, 4) is 0 Å². The number of hydrogen-bond acceptors (Lipinski definition) is 3. The van der Waals surface area contributed by atoms with Gasteiger partial charge in [-0.3, -0.25) is 4.79 Å². The van der Waals surface area contributed by atoms with Gasteiger partial charge >= 0.3 is 6.18 Å². The van der Waals surface area contributed by atoms with E-state index < -0.39 is 17.6 Å². The van der Waals surface area contributed by atoms with Crippen LogP contribution in [-0.4, -0.2) is 34.4 Å². The molecule has 0 aliphatic rings. The van der Waals surface area contributed by atoms with Crippen LogP contribution in [0.15, 0.2) is 29.4 Å². The van der Waals surface area contributed by atoms with Crippen LogP contribution in [0.25, 0.3) is 0 Å². The maximum absolute atomic E-state index is 12.7. The molecule has 1 aromatic rings. The fraction of sp³-hybridized carbons (Fsp3) is 0.385. The first kappa shape index (κ1) is 16.8. The molecule has 3 N–H and O–H groups in total. The van der Waals surface area contributed by atoms with Crippen LogP contribution in [0.5, 0.6) is 0 Å². The number of amidine groups is 1. The number of nitrogens with two attached hydrogens (primary N) is 1. The zero-order valence-electron chi connectivity index (χ0n) is 11.6. The van der Waals surface area contributed by atoms with E-state index in [4.69, 9.17) is 10.9 Å². The van der Waals surface area contributed by atoms with E-state index >= 15 is 0 Å². The summed E-state index contributed by atoms with van der Waals surface area (Å²) in [5, 5.41) is 11.3. The van der Waals surface area contributed by atoms with E-state index in [0.29, 0.717) is 0 Å². The Kier molecular flexibility index (Phi) is 5.17. The van der Waals surface area contributed by atoms with Gasteiger partial charge < -0.3 is 15.8 Å². The monoisotopic (exact) mass is 303 g/mol. The van der Waals surface area contributed by atoms with Crippen molar-refractivity contribution in [3.63, 3.8) is 0 Å². The average Bonchev–Trinajstić information content (AvgIpc) is 2.42. The summed E-state index contributed by atoms with van der Waals surface area (Å²) in [6, 6.07) is 3.80. The van der Waals surface area contributed by atoms with E-state index in [9.17, 15) is 18.0 Å². The van der Waals surface area contributed by atoms with Gasteiger partial charge in [0.2, 0.25) is 0 Å². The predicted octanol–water partition coefficient (Wildman–Crippen LogP) is 2.30. The second kappa shape index (κ2) is 6.47. The topological polar surface area (TPSA) is 78.9 Å². The maximum atomic E-state index is 12.7. The number of nitrogens with zero attached hydrogens (tertiary/aromatic N) is 2. The molecule has 0 bridgehead atoms. The van der Waals surface area contributed by atoms with Gasteiger partial charge in [-0.05, 0) is 32.0 Å². The fourth-order valence-electron chi connectivity index (χ4n) is 1.69. The van der Waals surface area contributed by atoms with Gasteiger partial charge in [-0.15, -0.1) is 0 Å². The molecule has 0 heterocycles. The van der Waals surface area contributed by atoms with Gasteiger partial charge in [0.25, 0.3) is 5.91 Å². The molecule has 0 unspecified atom stereocenters. The molecule has 21 heavy (non-hydrogen) atoms. The number of oxime groups is 1. The smallest absolute Gasteiger partial charge is 0.409 e. The Hall–Kier alpha value is -2.25. The largest absolute Gasteiger partial charge is 0.416 e. The highest BCUT2D eigenvalue weighted by atomic mass is 19.4. The van der Waals surface area contributed by atoms with Crippen LogP contribution >= 0.6 is 0 Å². The molecule has 0 aliphatic carbocycles. The molecule has 0 radical (unpaired) electrons. The molecular formula is C13H16F3N3O2. The van der Waals surface area contributed by atoms with Gasteiger partial charge in [-0.2, -0.15) is 13.2 Å². The predicted molar refractivity (Wildman–Crippen MR) is 71.0 cm³/mol. The Morgan fingerprint density at radius 2 is 2.05 bits per heavy atom. The van der Waals surface area contributed by atoms with Crippen molar-refractivity contribution >= 4 is 11.7 Å². The lowest BCUT2D eigenvalue weighted by atomic mass is 10.1. The number of carbonyl (C=O) groups is 1. The molecule has 0 saturated heterocycles. The van der Waals surface area contributed by atoms with Crippen molar-refractivity contribution in [1.82, 2.24) is 4.90 Å². The summed E-state index contributed by atoms with van der Waals surface area (Å²) in [4.78, 5) is 13.5. The Morgan fingerprint density at radius 3 is 2.52 bits per heavy atom. The number of hydrogen-bond donors (Lipinski definition) is 2. The molecule has 0 saturated carbocycles. The molecule has 0 atom stereocenters. The van der Waals surface area contributed by atoms with E-state index in [0.717, 1.165) is 18.2 Å². The second-order valence-corrected chi connectivity index (χ2v) is 4.70. The van der Waals surface area contributed by atoms with E-state index in [1.807, 2.05) is 0 Å². The van der Waals surface area contributed by atoms with Gasteiger partial charge in [-0.25, -0.2) is 0 Å². The van der Waals surface area contributed by atoms with Crippen molar-refractivity contribution < 1.29 is 23.2 Å². The molecule has 116 valence electrons. The van der Waals surface area contributed by atoms with Gasteiger partial charge in [0.1, 0.15) is 0 Å². The van der Waals surface area contributed by atoms with Crippen LogP contribution in [-0.2, 0) is 6.18 Å². The Morgan fingerprint density at radius 1 is 1.43 bits per heavy atom. The normalized spacial score (nSPS) is 12.6. The van der Waals surface area contributed by atoms with Gasteiger partial charge in [0.15, 0.2) is 5.84 Å². The molecule has 5 nitrogen and oxygen atoms in total. The van der Waals surface area contributed by atoms with E-state index in [1.54, 1.807) is 13.8 Å². The third kappa shape index (κ3) is 4.37. The van der Waals surface area contributed by atoms with Crippen LogP contribution < -0.4 is 5.73 Å². The summed E-state index contributed by atoms with van der Waals surface area (Å²) >= 11 is 0. The number of amides is 1. The molecule has 0 fully saturated rings. The molecule has 8 heteroatoms. The summed E-state index contributed by atoms with van der Waals surface area (Å²) in [6.07, 6.45) is -4.52. The van der Waals surface area contributed by atoms with E-state index in [-0.39, 0.29) is 24.0 Å². The highest BCUT2D eigenvalue weighted by Gasteiger charge is 2.31. The molecule has 0 aliphatic heterocycles. The Balaban J connectivity index is 3.10. The van der Waals surface area contributed by atoms with Crippen molar-refractivity contribution in [2.24, 2.45) is 10.9 Å². The van der Waals surface area contributed by atoms with Gasteiger partial charge in [-0.1, -0.05) is 11.2 Å². The highest BCUT2D eigenvalue weighted by Crippen LogP contribution is 2.29. The van der Waals surface area contributed by atoms with Crippen molar-refractivity contribution in [2.45, 2.75) is 26.1 Å². The van der Waals surface area contributed by atoms with Crippen LogP contribution in [0.1, 0.15) is 29.8 Å². The number of carbonyl (C=O) groups excluding carboxylic acids is 1. The standard InChI is InChI=1S/C13H16F3N3O2/c1-8(2)19(7-11(17)18-21)12(20)9-4-3-5-10(6-9)13(14,15)16/h3-6,8,21H,7H2,1-2H3,(H2,17,18). The lowest BCUT2D eigenvalue weighted by Crippen LogP contribution is -2.42. The Labute approximate surface area is 119 Å². The molecule has 1 rings (SSSR count). The van der Waals surface area contributed by atoms with Crippen LogP contribution in [0.3, 0.4) is 0 Å². The Bertz CT molecular complexity index is 542. The third-order valence-corrected chi connectivity index (χ3v) is 2.78. The highest BCUT2D eigenvalue weighted by molar-refractivity contribution is 5.97. The van der Waals surface area contributed by atoms with E-state index in [2.05, 4.69) is 5.16 Å². The lowest BCUT2D eigenvalue weighted by Gasteiger charge is -2.26. The lowest BCUT2D eigenvalue weighted by molar-refractivity contribution is -0.137. The minimum atomic E-state index is -4.52. The minimum Gasteiger partial charge on any atom is -0.409 e. The minimum absolute atomic E-state index is 0.107. The number of halogens is 3. The van der Waals surface area contributed by atoms with E-state index in [1.165, 1.54) is 11.0 Å². The van der Waals surface area contributed by atoms with Gasteiger partial charge in [0, 0.05) is 11.6 Å². The fourth-order valence-corrected chi connectivity index (χ4v) is 1.69. The van der Waals surface area contributed by atoms with Crippen molar-refractivity contribution in [2.75, 3.05) is 6.54 Å². The van der Waals surface area contributed by atoms with Crippen LogP contribution in [0.4, 0.5) is 13.2 Å². The first-order valence-electron chi connectivity index (χ1n) is 6.11. The van der Waals surface area contributed by atoms with Crippen molar-refractivity contribution in [1.29, 1.82) is 0 Å². The first-order valence-corrected chi connectivity index (χ1v) is 6.11. The molecular weight excluding hydrogens is 287 g/mol. The molecule has 1 amide bonds. The van der Waals surface area contributed by atoms with Crippen LogP contribution in [0, 0.1) is 0 Å². The molecule has 1 aromatic carbocycles. The SMILES string of the molecule is CC(C)N(CC(N)=NO)C(=O)c1cccc(C(F)(F)F)c1. The summed E-state index contributed by atoms with van der Waals surface area (Å²) in [7, 11) is 0. The summed E-state index contributed by atoms with van der Waals surface area (Å²) in [5.74, 6) is -0.827. The average molecular weight is 303 g/mol. The summed E-state index contributed by atoms with van der Waals surface area (Å²) in [6.45, 7) is 3.18. The second-order valence-electron chi connectivity index (χ2n) is 4.70. The molecule has 0 spiro atoms. The third-order valence-electron chi connectivity index (χ3n) is 2.78. The zero-order chi connectivity index (χ0) is 16.2. The summed E-state index contributed by atoms with van der Waals surface area (Å²) < 4.78 is 38.0. The van der Waals surface area contributed by atoms with Crippen LogP contribution in [0.2, 0.25) is 0 Å². The maximum Gasteiger partial charge on any atom is 0.416 e. The number of benzene rings is 1. The number of alkyl halides is 3. The van der Waals surface area contributed by atoms with Crippen molar-refractivity contribution in [3.05, 3.63) is 35.4 Å². The zero-order valence-corrected chi connectivity index (χ0v) is 11.6. The summed E-state index contributed by atoms with van der Waals surface area (Å²) in [5.41, 5.74) is 4.34.